The third-order valence-corrected chi connectivity index (χ3v) is 6.66. The zero-order valence-electron chi connectivity index (χ0n) is 14.9. The van der Waals surface area contributed by atoms with Crippen molar-refractivity contribution >= 4 is 45.7 Å². The molecule has 1 amide bonds. The molecule has 3 saturated heterocycles. The van der Waals surface area contributed by atoms with Crippen molar-refractivity contribution in [2.45, 2.75) is 18.5 Å². The molecular weight excluding hydrogens is 386 g/mol. The third-order valence-electron chi connectivity index (χ3n) is 5.76. The van der Waals surface area contributed by atoms with Crippen molar-refractivity contribution < 1.29 is 4.79 Å². The van der Waals surface area contributed by atoms with Crippen LogP contribution in [0.15, 0.2) is 17.8 Å². The lowest BCUT2D eigenvalue weighted by Gasteiger charge is -2.37. The molecule has 0 saturated carbocycles. The molecule has 3 atom stereocenters. The van der Waals surface area contributed by atoms with Crippen LogP contribution in [0.3, 0.4) is 0 Å². The molecule has 0 bridgehead atoms. The van der Waals surface area contributed by atoms with Crippen LogP contribution < -0.4 is 21.1 Å². The Labute approximate surface area is 168 Å². The largest absolute Gasteiger partial charge is 0.352 e. The minimum Gasteiger partial charge on any atom is -0.352 e. The van der Waals surface area contributed by atoms with Gasteiger partial charge in [-0.3, -0.25) is 10.2 Å². The first-order valence-electron chi connectivity index (χ1n) is 9.25. The van der Waals surface area contributed by atoms with Crippen molar-refractivity contribution in [3.63, 3.8) is 0 Å². The van der Waals surface area contributed by atoms with Gasteiger partial charge in [-0.05, 0) is 24.4 Å². The van der Waals surface area contributed by atoms with Gasteiger partial charge >= 0.3 is 0 Å². The van der Waals surface area contributed by atoms with E-state index in [0.29, 0.717) is 12.0 Å². The van der Waals surface area contributed by atoms with Crippen molar-refractivity contribution in [3.05, 3.63) is 17.8 Å². The number of anilines is 1. The van der Waals surface area contributed by atoms with Crippen LogP contribution in [0, 0.1) is 5.92 Å². The molecule has 0 aromatic carbocycles. The average Bonchev–Trinajstić information content (AvgIpc) is 3.34. The van der Waals surface area contributed by atoms with Crippen molar-refractivity contribution in [2.24, 2.45) is 5.92 Å². The van der Waals surface area contributed by atoms with Crippen molar-refractivity contribution in [3.8, 4) is 0 Å². The molecular formula is C17H24ClN7OS. The molecule has 2 aromatic rings. The third kappa shape index (κ3) is 3.38. The highest BCUT2D eigenvalue weighted by Gasteiger charge is 2.43. The summed E-state index contributed by atoms with van der Waals surface area (Å²) in [5, 5.41) is 5.47. The number of piperidine rings is 1. The molecule has 5 heterocycles. The van der Waals surface area contributed by atoms with Crippen LogP contribution in [0.1, 0.15) is 6.42 Å². The van der Waals surface area contributed by atoms with E-state index in [-0.39, 0.29) is 24.4 Å². The second-order valence-corrected chi connectivity index (χ2v) is 8.09. The summed E-state index contributed by atoms with van der Waals surface area (Å²) in [6.45, 7) is 5.01. The van der Waals surface area contributed by atoms with Gasteiger partial charge in [0.25, 0.3) is 0 Å². The van der Waals surface area contributed by atoms with Gasteiger partial charge in [0.1, 0.15) is 18.2 Å². The number of fused-ring (bicyclic) bond motifs is 2. The van der Waals surface area contributed by atoms with Crippen LogP contribution >= 0.6 is 23.7 Å². The first-order chi connectivity index (χ1) is 12.8. The summed E-state index contributed by atoms with van der Waals surface area (Å²) in [5.41, 5.74) is 7.56. The van der Waals surface area contributed by atoms with Gasteiger partial charge in [0.05, 0.1) is 10.2 Å². The minimum atomic E-state index is -0.123. The standard InChI is InChI=1S/C17H23N7OS.ClH/c25-17(14-11-9-18-3-1-12(11)21-22-14)24-6-4-23(5-7-24)16-15-13(2-8-26-15)19-10-20-16;/h2,8,10-12,14,18,21-22H,1,3-7,9H2;1H. The first kappa shape index (κ1) is 18.8. The normalized spacial score (nSPS) is 28.1. The summed E-state index contributed by atoms with van der Waals surface area (Å²) in [4.78, 5) is 26.1. The molecule has 3 N–H and O–H groups in total. The van der Waals surface area contributed by atoms with Crippen LogP contribution in [0.2, 0.25) is 0 Å². The van der Waals surface area contributed by atoms with Crippen LogP contribution in [-0.2, 0) is 4.79 Å². The molecule has 146 valence electrons. The van der Waals surface area contributed by atoms with Crippen LogP contribution in [0.4, 0.5) is 5.82 Å². The van der Waals surface area contributed by atoms with E-state index in [1.54, 1.807) is 17.7 Å². The fourth-order valence-electron chi connectivity index (χ4n) is 4.30. The van der Waals surface area contributed by atoms with E-state index in [4.69, 9.17) is 0 Å². The SMILES string of the molecule is Cl.O=C(C1NNC2CCNCC21)N1CCN(c2ncnc3ccsc23)CC1. The molecule has 0 radical (unpaired) electrons. The number of rotatable bonds is 2. The fourth-order valence-corrected chi connectivity index (χ4v) is 5.16. The second kappa shape index (κ2) is 7.84. The Kier molecular flexibility index (Phi) is 5.47. The van der Waals surface area contributed by atoms with Gasteiger partial charge in [-0.1, -0.05) is 0 Å². The number of carbonyl (C=O) groups excluding carboxylic acids is 1. The molecule has 27 heavy (non-hydrogen) atoms. The summed E-state index contributed by atoms with van der Waals surface area (Å²) >= 11 is 1.68. The molecule has 3 fully saturated rings. The maximum absolute atomic E-state index is 13.0. The van der Waals surface area contributed by atoms with E-state index >= 15 is 0 Å². The number of nitrogens with one attached hydrogen (secondary N) is 3. The van der Waals surface area contributed by atoms with Crippen LogP contribution in [0.5, 0.6) is 0 Å². The molecule has 0 aliphatic carbocycles. The van der Waals surface area contributed by atoms with E-state index in [9.17, 15) is 4.79 Å². The number of hydrogen-bond donors (Lipinski definition) is 3. The molecule has 3 aliphatic rings. The van der Waals surface area contributed by atoms with E-state index in [0.717, 1.165) is 61.7 Å². The van der Waals surface area contributed by atoms with Gasteiger partial charge in [-0.15, -0.1) is 23.7 Å². The van der Waals surface area contributed by atoms with E-state index in [1.165, 1.54) is 0 Å². The Bertz CT molecular complexity index is 809. The predicted octanol–water partition coefficient (Wildman–Crippen LogP) is 0.216. The topological polar surface area (TPSA) is 85.4 Å². The van der Waals surface area contributed by atoms with Crippen LogP contribution in [0.25, 0.3) is 10.2 Å². The fraction of sp³-hybridized carbons (Fsp3) is 0.588. The molecule has 8 nitrogen and oxygen atoms in total. The Morgan fingerprint density at radius 1 is 1.19 bits per heavy atom. The summed E-state index contributed by atoms with van der Waals surface area (Å²) in [6.07, 6.45) is 2.70. The first-order valence-corrected chi connectivity index (χ1v) is 10.1. The molecule has 0 spiro atoms. The lowest BCUT2D eigenvalue weighted by Crippen LogP contribution is -2.56. The van der Waals surface area contributed by atoms with Gasteiger partial charge in [-0.2, -0.15) is 0 Å². The molecule has 3 aliphatic heterocycles. The maximum atomic E-state index is 13.0. The summed E-state index contributed by atoms with van der Waals surface area (Å²) < 4.78 is 1.13. The Balaban J connectivity index is 0.00000180. The summed E-state index contributed by atoms with van der Waals surface area (Å²) in [5.74, 6) is 1.55. The molecule has 3 unspecified atom stereocenters. The number of nitrogens with zero attached hydrogens (tertiary/aromatic N) is 4. The molecule has 5 rings (SSSR count). The van der Waals surface area contributed by atoms with Gasteiger partial charge in [0.2, 0.25) is 5.91 Å². The number of carbonyl (C=O) groups is 1. The summed E-state index contributed by atoms with van der Waals surface area (Å²) in [7, 11) is 0. The Hall–Kier alpha value is -1.52. The number of thiophene rings is 1. The van der Waals surface area contributed by atoms with Gasteiger partial charge < -0.3 is 15.1 Å². The van der Waals surface area contributed by atoms with Gasteiger partial charge in [-0.25, -0.2) is 15.4 Å². The quantitative estimate of drug-likeness (QED) is 0.654. The van der Waals surface area contributed by atoms with E-state index in [2.05, 4.69) is 36.4 Å². The van der Waals surface area contributed by atoms with Gasteiger partial charge in [0, 0.05) is 44.7 Å². The summed E-state index contributed by atoms with van der Waals surface area (Å²) in [6, 6.07) is 2.31. The molecule has 10 heteroatoms. The number of amides is 1. The number of piperazine rings is 1. The number of hydrazine groups is 1. The Morgan fingerprint density at radius 2 is 2.04 bits per heavy atom. The number of aromatic nitrogens is 2. The zero-order valence-corrected chi connectivity index (χ0v) is 16.6. The monoisotopic (exact) mass is 409 g/mol. The Morgan fingerprint density at radius 3 is 2.89 bits per heavy atom. The van der Waals surface area contributed by atoms with Gasteiger partial charge in [0.15, 0.2) is 0 Å². The highest BCUT2D eigenvalue weighted by atomic mass is 35.5. The van der Waals surface area contributed by atoms with Crippen LogP contribution in [-0.4, -0.2) is 72.1 Å². The lowest BCUT2D eigenvalue weighted by atomic mass is 9.89. The lowest BCUT2D eigenvalue weighted by molar-refractivity contribution is -0.134. The predicted molar refractivity (Wildman–Crippen MR) is 108 cm³/mol. The smallest absolute Gasteiger partial charge is 0.241 e. The second-order valence-electron chi connectivity index (χ2n) is 7.17. The van der Waals surface area contributed by atoms with E-state index < -0.39 is 0 Å². The van der Waals surface area contributed by atoms with Crippen molar-refractivity contribution in [1.82, 2.24) is 31.0 Å². The van der Waals surface area contributed by atoms with Crippen molar-refractivity contribution in [2.75, 3.05) is 44.2 Å². The number of hydrogen-bond acceptors (Lipinski definition) is 8. The molecule has 2 aromatic heterocycles. The minimum absolute atomic E-state index is 0. The van der Waals surface area contributed by atoms with E-state index in [1.807, 2.05) is 11.0 Å². The highest BCUT2D eigenvalue weighted by molar-refractivity contribution is 7.17. The highest BCUT2D eigenvalue weighted by Crippen LogP contribution is 2.29. The zero-order chi connectivity index (χ0) is 17.5. The van der Waals surface area contributed by atoms with Crippen molar-refractivity contribution in [1.29, 1.82) is 0 Å². The average molecular weight is 410 g/mol. The maximum Gasteiger partial charge on any atom is 0.241 e. The number of halogens is 1.